The van der Waals surface area contributed by atoms with Gasteiger partial charge in [-0.15, -0.1) is 0 Å². The average molecular weight is 470 g/mol. The molecule has 1 saturated heterocycles. The Morgan fingerprint density at radius 2 is 1.74 bits per heavy atom. The van der Waals surface area contributed by atoms with Crippen LogP contribution in [-0.4, -0.2) is 46.8 Å². The van der Waals surface area contributed by atoms with Gasteiger partial charge in [0.05, 0.1) is 17.2 Å². The van der Waals surface area contributed by atoms with Gasteiger partial charge in [-0.05, 0) is 68.5 Å². The van der Waals surface area contributed by atoms with E-state index in [0.717, 1.165) is 56.7 Å². The molecule has 3 aromatic rings. The molecule has 182 valence electrons. The van der Waals surface area contributed by atoms with Gasteiger partial charge in [-0.3, -0.25) is 4.79 Å². The van der Waals surface area contributed by atoms with Gasteiger partial charge in [-0.1, -0.05) is 62.4 Å². The Bertz CT molecular complexity index is 1140. The second kappa shape index (κ2) is 11.3. The fraction of sp³-hybridized carbons (Fsp3) is 0.414. The van der Waals surface area contributed by atoms with E-state index in [9.17, 15) is 10.1 Å². The topological polar surface area (TPSA) is 74.0 Å². The van der Waals surface area contributed by atoms with Crippen LogP contribution < -0.4 is 5.32 Å². The molecule has 0 spiro atoms. The zero-order valence-electron chi connectivity index (χ0n) is 20.8. The molecule has 0 radical (unpaired) electrons. The van der Waals surface area contributed by atoms with Crippen molar-refractivity contribution < 1.29 is 4.79 Å². The second-order valence-electron chi connectivity index (χ2n) is 10.0. The molecule has 1 amide bonds. The van der Waals surface area contributed by atoms with Gasteiger partial charge >= 0.3 is 0 Å². The number of amides is 1. The van der Waals surface area contributed by atoms with Gasteiger partial charge in [0.2, 0.25) is 0 Å². The SMILES string of the molecule is CC(C)Cc1cc(C(=O)NCC2(C#N)CCN(CCc3ccccc3)CC2)nn1-c1ccccc1. The van der Waals surface area contributed by atoms with Crippen LogP contribution in [0.2, 0.25) is 0 Å². The number of carbonyl (C=O) groups is 1. The highest BCUT2D eigenvalue weighted by Crippen LogP contribution is 2.30. The van der Waals surface area contributed by atoms with Gasteiger partial charge in [0, 0.05) is 18.8 Å². The van der Waals surface area contributed by atoms with E-state index in [4.69, 9.17) is 0 Å². The van der Waals surface area contributed by atoms with Crippen molar-refractivity contribution in [1.29, 1.82) is 5.26 Å². The predicted molar refractivity (Wildman–Crippen MR) is 138 cm³/mol. The Kier molecular flexibility index (Phi) is 7.99. The Labute approximate surface area is 208 Å². The molecule has 2 aromatic carbocycles. The van der Waals surface area contributed by atoms with Crippen LogP contribution in [-0.2, 0) is 12.8 Å². The highest BCUT2D eigenvalue weighted by molar-refractivity contribution is 5.92. The third kappa shape index (κ3) is 6.37. The van der Waals surface area contributed by atoms with E-state index in [1.807, 2.05) is 47.1 Å². The van der Waals surface area contributed by atoms with Gasteiger partial charge < -0.3 is 10.2 Å². The summed E-state index contributed by atoms with van der Waals surface area (Å²) >= 11 is 0. The first-order valence-corrected chi connectivity index (χ1v) is 12.6. The molecule has 1 aliphatic rings. The molecule has 6 nitrogen and oxygen atoms in total. The number of hydrogen-bond donors (Lipinski definition) is 1. The maximum atomic E-state index is 13.0. The first-order valence-electron chi connectivity index (χ1n) is 12.6. The highest BCUT2D eigenvalue weighted by atomic mass is 16.1. The maximum absolute atomic E-state index is 13.0. The van der Waals surface area contributed by atoms with E-state index in [2.05, 4.69) is 59.5 Å². The number of carbonyl (C=O) groups excluding carboxylic acids is 1. The van der Waals surface area contributed by atoms with E-state index >= 15 is 0 Å². The molecule has 4 rings (SSSR count). The minimum absolute atomic E-state index is 0.217. The van der Waals surface area contributed by atoms with E-state index in [0.29, 0.717) is 18.2 Å². The summed E-state index contributed by atoms with van der Waals surface area (Å²) in [4.78, 5) is 15.5. The van der Waals surface area contributed by atoms with Crippen molar-refractivity contribution >= 4 is 5.91 Å². The number of aromatic nitrogens is 2. The number of likely N-dealkylation sites (tertiary alicyclic amines) is 1. The molecular formula is C29H35N5O. The summed E-state index contributed by atoms with van der Waals surface area (Å²) < 4.78 is 1.86. The van der Waals surface area contributed by atoms with Crippen LogP contribution in [0.3, 0.4) is 0 Å². The Hall–Kier alpha value is -3.43. The van der Waals surface area contributed by atoms with Crippen molar-refractivity contribution in [2.75, 3.05) is 26.2 Å². The lowest BCUT2D eigenvalue weighted by Gasteiger charge is -2.37. The van der Waals surface area contributed by atoms with Gasteiger partial charge in [0.15, 0.2) is 5.69 Å². The minimum atomic E-state index is -0.526. The van der Waals surface area contributed by atoms with Crippen molar-refractivity contribution in [3.05, 3.63) is 83.7 Å². The Morgan fingerprint density at radius 3 is 2.37 bits per heavy atom. The molecule has 1 aliphatic heterocycles. The summed E-state index contributed by atoms with van der Waals surface area (Å²) in [6, 6.07) is 24.8. The van der Waals surface area contributed by atoms with Crippen LogP contribution in [0.5, 0.6) is 0 Å². The zero-order chi connectivity index (χ0) is 24.7. The molecular weight excluding hydrogens is 434 g/mol. The summed E-state index contributed by atoms with van der Waals surface area (Å²) in [5.74, 6) is 0.227. The van der Waals surface area contributed by atoms with Crippen molar-refractivity contribution in [1.82, 2.24) is 20.0 Å². The lowest BCUT2D eigenvalue weighted by Crippen LogP contribution is -2.46. The number of benzene rings is 2. The second-order valence-corrected chi connectivity index (χ2v) is 10.0. The monoisotopic (exact) mass is 469 g/mol. The smallest absolute Gasteiger partial charge is 0.271 e. The number of piperidine rings is 1. The third-order valence-electron chi connectivity index (χ3n) is 6.83. The molecule has 1 N–H and O–H groups in total. The largest absolute Gasteiger partial charge is 0.349 e. The Balaban J connectivity index is 1.36. The van der Waals surface area contributed by atoms with Crippen LogP contribution >= 0.6 is 0 Å². The highest BCUT2D eigenvalue weighted by Gasteiger charge is 2.35. The number of nitriles is 1. The van der Waals surface area contributed by atoms with Crippen LogP contribution in [0.4, 0.5) is 0 Å². The number of nitrogens with one attached hydrogen (secondary N) is 1. The summed E-state index contributed by atoms with van der Waals surface area (Å²) in [6.07, 6.45) is 3.36. The molecule has 1 fully saturated rings. The van der Waals surface area contributed by atoms with Gasteiger partial charge in [-0.25, -0.2) is 4.68 Å². The molecule has 0 bridgehead atoms. The van der Waals surface area contributed by atoms with E-state index in [1.165, 1.54) is 5.56 Å². The van der Waals surface area contributed by atoms with Crippen molar-refractivity contribution in [2.24, 2.45) is 11.3 Å². The molecule has 0 unspecified atom stereocenters. The maximum Gasteiger partial charge on any atom is 0.271 e. The lowest BCUT2D eigenvalue weighted by molar-refractivity contribution is 0.0905. The number of hydrogen-bond acceptors (Lipinski definition) is 4. The average Bonchev–Trinajstić information content (AvgIpc) is 3.31. The number of nitrogens with zero attached hydrogens (tertiary/aromatic N) is 4. The van der Waals surface area contributed by atoms with Crippen molar-refractivity contribution in [3.8, 4) is 11.8 Å². The molecule has 0 atom stereocenters. The summed E-state index contributed by atoms with van der Waals surface area (Å²) in [5.41, 5.74) is 3.17. The first-order chi connectivity index (χ1) is 17.0. The molecule has 1 aromatic heterocycles. The third-order valence-corrected chi connectivity index (χ3v) is 6.83. The van der Waals surface area contributed by atoms with Crippen molar-refractivity contribution in [2.45, 2.75) is 39.5 Å². The predicted octanol–water partition coefficient (Wildman–Crippen LogP) is 4.65. The van der Waals surface area contributed by atoms with Crippen LogP contribution in [0, 0.1) is 22.7 Å². The number of para-hydroxylation sites is 1. The normalized spacial score (nSPS) is 15.6. The standard InChI is InChI=1S/C29H35N5O/c1-23(2)19-26-20-27(32-34(26)25-11-7-4-8-12-25)28(35)31-22-29(21-30)14-17-33(18-15-29)16-13-24-9-5-3-6-10-24/h3-12,20,23H,13-19,22H2,1-2H3,(H,31,35). The van der Waals surface area contributed by atoms with Crippen molar-refractivity contribution in [3.63, 3.8) is 0 Å². The molecule has 6 heteroatoms. The Morgan fingerprint density at radius 1 is 1.09 bits per heavy atom. The fourth-order valence-corrected chi connectivity index (χ4v) is 4.69. The zero-order valence-corrected chi connectivity index (χ0v) is 20.8. The quantitative estimate of drug-likeness (QED) is 0.495. The van der Waals surface area contributed by atoms with E-state index < -0.39 is 5.41 Å². The summed E-state index contributed by atoms with van der Waals surface area (Å²) in [5, 5.41) is 17.6. The molecule has 2 heterocycles. The molecule has 0 saturated carbocycles. The minimum Gasteiger partial charge on any atom is -0.349 e. The first kappa shape index (κ1) is 24.7. The van der Waals surface area contributed by atoms with Crippen LogP contribution in [0.25, 0.3) is 5.69 Å². The van der Waals surface area contributed by atoms with E-state index in [1.54, 1.807) is 0 Å². The fourth-order valence-electron chi connectivity index (χ4n) is 4.69. The summed E-state index contributed by atoms with van der Waals surface area (Å²) in [6.45, 7) is 7.41. The van der Waals surface area contributed by atoms with E-state index in [-0.39, 0.29) is 5.91 Å². The van der Waals surface area contributed by atoms with Gasteiger partial charge in [0.25, 0.3) is 5.91 Å². The molecule has 35 heavy (non-hydrogen) atoms. The number of rotatable bonds is 9. The van der Waals surface area contributed by atoms with Gasteiger partial charge in [-0.2, -0.15) is 10.4 Å². The molecule has 0 aliphatic carbocycles. The summed E-state index contributed by atoms with van der Waals surface area (Å²) in [7, 11) is 0. The van der Waals surface area contributed by atoms with Crippen LogP contribution in [0.15, 0.2) is 66.7 Å². The van der Waals surface area contributed by atoms with Gasteiger partial charge in [0.1, 0.15) is 0 Å². The lowest BCUT2D eigenvalue weighted by atomic mass is 9.79. The van der Waals surface area contributed by atoms with Crippen LogP contribution in [0.1, 0.15) is 48.4 Å².